The van der Waals surface area contributed by atoms with Crippen LogP contribution >= 0.6 is 0 Å². The van der Waals surface area contributed by atoms with Crippen LogP contribution in [0.2, 0.25) is 0 Å². The van der Waals surface area contributed by atoms with Crippen LogP contribution in [0.5, 0.6) is 0 Å². The molecule has 1 aromatic heterocycles. The van der Waals surface area contributed by atoms with Crippen molar-refractivity contribution in [3.63, 3.8) is 0 Å². The van der Waals surface area contributed by atoms with Crippen molar-refractivity contribution in [2.24, 2.45) is 0 Å². The Hall–Kier alpha value is -1.59. The minimum absolute atomic E-state index is 0. The molecular weight excluding hydrogens is 183 g/mol. The molecular formula is C9H8BO4. The zero-order valence-corrected chi connectivity index (χ0v) is 7.25. The van der Waals surface area contributed by atoms with E-state index in [9.17, 15) is 4.79 Å². The lowest BCUT2D eigenvalue weighted by atomic mass is 10.2. The van der Waals surface area contributed by atoms with E-state index >= 15 is 0 Å². The lowest BCUT2D eigenvalue weighted by molar-refractivity contribution is 0.448. The zero-order valence-electron chi connectivity index (χ0n) is 7.25. The molecule has 0 saturated carbocycles. The summed E-state index contributed by atoms with van der Waals surface area (Å²) < 4.78 is 5.09. The van der Waals surface area contributed by atoms with E-state index in [1.54, 1.807) is 12.1 Å². The van der Waals surface area contributed by atoms with Gasteiger partial charge in [0, 0.05) is 6.07 Å². The first kappa shape index (κ1) is 10.5. The fourth-order valence-corrected chi connectivity index (χ4v) is 1.03. The normalized spacial score (nSPS) is 9.00. The van der Waals surface area contributed by atoms with E-state index in [0.717, 1.165) is 0 Å². The first-order valence-corrected chi connectivity index (χ1v) is 3.86. The smallest absolute Gasteiger partial charge is 0.464 e. The molecule has 0 fully saturated rings. The molecule has 0 spiro atoms. The predicted molar refractivity (Wildman–Crippen MR) is 52.7 cm³/mol. The largest absolute Gasteiger partial charge is 0.482 e. The minimum Gasteiger partial charge on any atom is -0.464 e. The molecule has 14 heavy (non-hydrogen) atoms. The Labute approximate surface area is 80.7 Å². The number of benzene rings is 1. The Morgan fingerprint density at radius 2 is 1.79 bits per heavy atom. The highest BCUT2D eigenvalue weighted by atomic mass is 16.4. The van der Waals surface area contributed by atoms with Crippen LogP contribution in [0.25, 0.3) is 11.0 Å². The first-order chi connectivity index (χ1) is 6.79. The molecule has 1 aromatic carbocycles. The second kappa shape index (κ2) is 5.21. The molecule has 0 aliphatic rings. The van der Waals surface area contributed by atoms with Gasteiger partial charge in [-0.2, -0.15) is 0 Å². The molecule has 2 rings (SSSR count). The highest BCUT2D eigenvalue weighted by Crippen LogP contribution is 2.06. The predicted octanol–water partition coefficient (Wildman–Crippen LogP) is 0.298. The minimum atomic E-state index is 0. The van der Waals surface area contributed by atoms with Crippen molar-refractivity contribution in [1.82, 2.24) is 0 Å². The van der Waals surface area contributed by atoms with Crippen molar-refractivity contribution >= 4 is 18.7 Å². The molecule has 2 aromatic rings. The number of hydrogen-bond acceptors (Lipinski definition) is 4. The monoisotopic (exact) mass is 191 g/mol. The summed E-state index contributed by atoms with van der Waals surface area (Å²) >= 11 is 0. The average molecular weight is 191 g/mol. The summed E-state index contributed by atoms with van der Waals surface area (Å²) in [6.07, 6.45) is 1.41. The maximum atomic E-state index is 11.1. The molecule has 0 aliphatic heterocycles. The summed E-state index contributed by atoms with van der Waals surface area (Å²) in [7, 11) is 0. The molecule has 0 saturated heterocycles. The highest BCUT2D eigenvalue weighted by Gasteiger charge is 1.95. The molecule has 5 heteroatoms. The molecule has 2 N–H and O–H groups in total. The molecule has 1 radical (unpaired) electrons. The fraction of sp³-hybridized carbons (Fsp3) is 0. The van der Waals surface area contributed by atoms with E-state index in [1.165, 1.54) is 12.3 Å². The quantitative estimate of drug-likeness (QED) is 0.587. The molecule has 4 nitrogen and oxygen atoms in total. The van der Waals surface area contributed by atoms with Gasteiger partial charge in [0.15, 0.2) is 5.43 Å². The zero-order chi connectivity index (χ0) is 10.4. The number of rotatable bonds is 0. The summed E-state index contributed by atoms with van der Waals surface area (Å²) in [5.41, 5.74) is 0.645. The van der Waals surface area contributed by atoms with Crippen LogP contribution in [0.1, 0.15) is 0 Å². The van der Waals surface area contributed by atoms with Crippen molar-refractivity contribution in [2.45, 2.75) is 0 Å². The van der Waals surface area contributed by atoms with E-state index in [2.05, 4.69) is 0 Å². The van der Waals surface area contributed by atoms with Crippen molar-refractivity contribution in [1.29, 1.82) is 0 Å². The second-order valence-corrected chi connectivity index (χ2v) is 2.40. The molecule has 1 heterocycles. The average Bonchev–Trinajstić information content (AvgIpc) is 2.20. The standard InChI is InChI=1S/C9H6O2.BH2O2/c10-8-5-6-11-9-4-2-1-3-7(8)9;2-1-3/h1-6H;2-3H. The van der Waals surface area contributed by atoms with Crippen molar-refractivity contribution in [2.75, 3.05) is 0 Å². The summed E-state index contributed by atoms with van der Waals surface area (Å²) in [5, 5.41) is 14.6. The summed E-state index contributed by atoms with van der Waals surface area (Å²) in [6, 6.07) is 8.60. The van der Waals surface area contributed by atoms with Gasteiger partial charge in [0.05, 0.1) is 11.6 Å². The third kappa shape index (κ3) is 2.45. The third-order valence-electron chi connectivity index (χ3n) is 1.57. The Bertz CT molecular complexity index is 446. The number of para-hydroxylation sites is 1. The van der Waals surface area contributed by atoms with Gasteiger partial charge in [-0.15, -0.1) is 0 Å². The van der Waals surface area contributed by atoms with Crippen LogP contribution in [-0.4, -0.2) is 17.7 Å². The molecule has 0 amide bonds. The lowest BCUT2D eigenvalue weighted by Crippen LogP contribution is -1.96. The fourth-order valence-electron chi connectivity index (χ4n) is 1.03. The first-order valence-electron chi connectivity index (χ1n) is 3.86. The molecule has 0 atom stereocenters. The third-order valence-corrected chi connectivity index (χ3v) is 1.57. The maximum absolute atomic E-state index is 11.1. The number of hydrogen-bond donors (Lipinski definition) is 2. The highest BCUT2D eigenvalue weighted by molar-refractivity contribution is 6.13. The van der Waals surface area contributed by atoms with Gasteiger partial charge in [0.2, 0.25) is 0 Å². The molecule has 0 aliphatic carbocycles. The van der Waals surface area contributed by atoms with Crippen LogP contribution in [0, 0.1) is 0 Å². The van der Waals surface area contributed by atoms with Gasteiger partial charge in [-0.05, 0) is 12.1 Å². The van der Waals surface area contributed by atoms with Crippen LogP contribution in [-0.2, 0) is 0 Å². The Morgan fingerprint density at radius 3 is 2.43 bits per heavy atom. The van der Waals surface area contributed by atoms with Gasteiger partial charge in [-0.1, -0.05) is 12.1 Å². The van der Waals surface area contributed by atoms with Gasteiger partial charge >= 0.3 is 7.69 Å². The van der Waals surface area contributed by atoms with Gasteiger partial charge in [0.25, 0.3) is 0 Å². The molecule has 0 unspecified atom stereocenters. The van der Waals surface area contributed by atoms with Gasteiger partial charge in [0.1, 0.15) is 5.58 Å². The van der Waals surface area contributed by atoms with E-state index in [0.29, 0.717) is 11.0 Å². The van der Waals surface area contributed by atoms with E-state index in [1.807, 2.05) is 12.1 Å². The van der Waals surface area contributed by atoms with E-state index in [-0.39, 0.29) is 13.1 Å². The van der Waals surface area contributed by atoms with Gasteiger partial charge in [-0.3, -0.25) is 4.79 Å². The van der Waals surface area contributed by atoms with Gasteiger partial charge < -0.3 is 14.5 Å². The Kier molecular flexibility index (Phi) is 3.91. The Balaban J connectivity index is 0.000000293. The van der Waals surface area contributed by atoms with Crippen LogP contribution < -0.4 is 5.43 Å². The topological polar surface area (TPSA) is 70.7 Å². The summed E-state index contributed by atoms with van der Waals surface area (Å²) in [5.74, 6) is 0. The molecule has 0 bridgehead atoms. The number of fused-ring (bicyclic) bond motifs is 1. The van der Waals surface area contributed by atoms with E-state index in [4.69, 9.17) is 14.5 Å². The molecule has 71 valence electrons. The van der Waals surface area contributed by atoms with Crippen molar-refractivity contribution in [3.8, 4) is 0 Å². The SMILES string of the molecule is O=c1ccoc2ccccc12.O[B]O. The van der Waals surface area contributed by atoms with Crippen molar-refractivity contribution in [3.05, 3.63) is 46.8 Å². The summed E-state index contributed by atoms with van der Waals surface area (Å²) in [4.78, 5) is 11.1. The van der Waals surface area contributed by atoms with E-state index < -0.39 is 0 Å². The second-order valence-electron chi connectivity index (χ2n) is 2.40. The van der Waals surface area contributed by atoms with Crippen LogP contribution in [0.4, 0.5) is 0 Å². The lowest BCUT2D eigenvalue weighted by Gasteiger charge is -1.91. The van der Waals surface area contributed by atoms with Crippen LogP contribution in [0.3, 0.4) is 0 Å². The maximum Gasteiger partial charge on any atom is 0.482 e. The van der Waals surface area contributed by atoms with Crippen LogP contribution in [0.15, 0.2) is 45.8 Å². The van der Waals surface area contributed by atoms with Crippen molar-refractivity contribution < 1.29 is 14.5 Å². The summed E-state index contributed by atoms with van der Waals surface area (Å²) in [6.45, 7) is 0. The van der Waals surface area contributed by atoms with Gasteiger partial charge in [-0.25, -0.2) is 0 Å². The Morgan fingerprint density at radius 1 is 1.14 bits per heavy atom.